The quantitative estimate of drug-likeness (QED) is 0.395. The zero-order valence-corrected chi connectivity index (χ0v) is 17.6. The number of H-pyrrole nitrogens is 1. The second-order valence-electron chi connectivity index (χ2n) is 6.92. The first kappa shape index (κ1) is 23.4. The molecule has 4 heterocycles. The molecule has 4 aromatic rings. The predicted octanol–water partition coefficient (Wildman–Crippen LogP) is 2.96. The number of fused-ring (bicyclic) bond motifs is 1. The zero-order chi connectivity index (χ0) is 24.9. The minimum Gasteiger partial charge on any atom is -0.360 e. The maximum Gasteiger partial charge on any atom is 0.435 e. The Morgan fingerprint density at radius 3 is 2.32 bits per heavy atom. The van der Waals surface area contributed by atoms with Gasteiger partial charge in [-0.15, -0.1) is 5.10 Å². The summed E-state index contributed by atoms with van der Waals surface area (Å²) >= 11 is 0. The molecular formula is C17H12F6N8O2S. The van der Waals surface area contributed by atoms with Gasteiger partial charge in [-0.1, -0.05) is 0 Å². The molecule has 17 heteroatoms. The topological polar surface area (TPSA) is 131 Å². The molecule has 0 fully saturated rings. The van der Waals surface area contributed by atoms with Crippen LogP contribution in [0.25, 0.3) is 16.9 Å². The van der Waals surface area contributed by atoms with Crippen LogP contribution < -0.4 is 5.32 Å². The molecule has 0 bridgehead atoms. The first-order chi connectivity index (χ1) is 15.7. The van der Waals surface area contributed by atoms with Crippen molar-refractivity contribution in [2.45, 2.75) is 24.1 Å². The summed E-state index contributed by atoms with van der Waals surface area (Å²) in [5, 5.41) is 5.23. The molecule has 0 aliphatic carbocycles. The van der Waals surface area contributed by atoms with E-state index in [1.165, 1.54) is 12.3 Å². The summed E-state index contributed by atoms with van der Waals surface area (Å²) in [5.74, 6) is -0.0877. The van der Waals surface area contributed by atoms with E-state index in [1.807, 2.05) is 0 Å². The minimum absolute atomic E-state index is 0.169. The van der Waals surface area contributed by atoms with Crippen molar-refractivity contribution in [2.24, 2.45) is 0 Å². The molecule has 4 rings (SSSR count). The smallest absolute Gasteiger partial charge is 0.360 e. The van der Waals surface area contributed by atoms with E-state index < -0.39 is 38.7 Å². The van der Waals surface area contributed by atoms with Crippen LogP contribution in [-0.2, 0) is 28.7 Å². The molecule has 34 heavy (non-hydrogen) atoms. The number of hydrogen-bond donors (Lipinski definition) is 2. The molecule has 180 valence electrons. The molecule has 10 nitrogen and oxygen atoms in total. The Bertz CT molecular complexity index is 1460. The molecule has 0 aliphatic heterocycles. The van der Waals surface area contributed by atoms with Crippen LogP contribution in [0.15, 0.2) is 35.9 Å². The molecule has 0 saturated heterocycles. The number of sulfone groups is 1. The van der Waals surface area contributed by atoms with Gasteiger partial charge in [0.2, 0.25) is 9.84 Å². The molecule has 0 radical (unpaired) electrons. The number of anilines is 1. The zero-order valence-electron chi connectivity index (χ0n) is 16.8. The average Bonchev–Trinajstić information content (AvgIpc) is 3.37. The summed E-state index contributed by atoms with van der Waals surface area (Å²) in [6.07, 6.45) is -5.90. The average molecular weight is 506 g/mol. The normalized spacial score (nSPS) is 12.9. The van der Waals surface area contributed by atoms with Crippen molar-refractivity contribution in [3.63, 3.8) is 0 Å². The second-order valence-corrected chi connectivity index (χ2v) is 8.83. The van der Waals surface area contributed by atoms with E-state index in [2.05, 4.69) is 35.3 Å². The SMILES string of the molecule is CS(=O)(=O)c1nc(NCc2ncc(-c3ccc(C(F)(F)F)nc3)[nH]2)c2ncc(C(F)(F)F)n2n1. The number of aromatic nitrogens is 7. The number of alkyl halides is 6. The van der Waals surface area contributed by atoms with Gasteiger partial charge in [-0.25, -0.2) is 22.9 Å². The van der Waals surface area contributed by atoms with Crippen LogP contribution in [0.4, 0.5) is 32.2 Å². The first-order valence-electron chi connectivity index (χ1n) is 9.08. The van der Waals surface area contributed by atoms with E-state index >= 15 is 0 Å². The Hall–Kier alpha value is -3.76. The fourth-order valence-corrected chi connectivity index (χ4v) is 3.31. The van der Waals surface area contributed by atoms with E-state index in [0.717, 1.165) is 18.5 Å². The third kappa shape index (κ3) is 4.63. The molecule has 2 N–H and O–H groups in total. The first-order valence-corrected chi connectivity index (χ1v) is 11.0. The molecule has 4 aromatic heterocycles. The monoisotopic (exact) mass is 506 g/mol. The summed E-state index contributed by atoms with van der Waals surface area (Å²) in [6.45, 7) is -0.169. The lowest BCUT2D eigenvalue weighted by Crippen LogP contribution is -2.16. The van der Waals surface area contributed by atoms with Crippen LogP contribution in [0.2, 0.25) is 0 Å². The number of hydrogen-bond acceptors (Lipinski definition) is 8. The van der Waals surface area contributed by atoms with E-state index in [9.17, 15) is 34.8 Å². The maximum atomic E-state index is 13.2. The lowest BCUT2D eigenvalue weighted by atomic mass is 10.2. The molecule has 0 saturated carbocycles. The highest BCUT2D eigenvalue weighted by atomic mass is 32.2. The van der Waals surface area contributed by atoms with E-state index in [1.54, 1.807) is 0 Å². The van der Waals surface area contributed by atoms with Gasteiger partial charge in [0, 0.05) is 18.0 Å². The van der Waals surface area contributed by atoms with Gasteiger partial charge >= 0.3 is 12.4 Å². The van der Waals surface area contributed by atoms with Crippen molar-refractivity contribution in [3.05, 3.63) is 47.9 Å². The van der Waals surface area contributed by atoms with Gasteiger partial charge in [0.25, 0.3) is 5.16 Å². The van der Waals surface area contributed by atoms with Gasteiger partial charge in [0.1, 0.15) is 11.5 Å². The summed E-state index contributed by atoms with van der Waals surface area (Å²) in [7, 11) is -4.07. The maximum absolute atomic E-state index is 13.2. The number of pyridine rings is 1. The summed E-state index contributed by atoms with van der Waals surface area (Å²) < 4.78 is 102. The highest BCUT2D eigenvalue weighted by Crippen LogP contribution is 2.31. The molecule has 0 amide bonds. The van der Waals surface area contributed by atoms with E-state index in [-0.39, 0.29) is 23.8 Å². The van der Waals surface area contributed by atoms with Crippen LogP contribution >= 0.6 is 0 Å². The van der Waals surface area contributed by atoms with Crippen molar-refractivity contribution >= 4 is 21.3 Å². The van der Waals surface area contributed by atoms with Crippen LogP contribution in [-0.4, -0.2) is 49.2 Å². The summed E-state index contributed by atoms with van der Waals surface area (Å²) in [4.78, 5) is 17.6. The van der Waals surface area contributed by atoms with E-state index in [4.69, 9.17) is 0 Å². The summed E-state index contributed by atoms with van der Waals surface area (Å²) in [6, 6.07) is 1.99. The molecule has 0 unspecified atom stereocenters. The van der Waals surface area contributed by atoms with Crippen LogP contribution in [0.1, 0.15) is 17.2 Å². The molecule has 0 aromatic carbocycles. The Morgan fingerprint density at radius 2 is 1.74 bits per heavy atom. The van der Waals surface area contributed by atoms with Gasteiger partial charge in [-0.2, -0.15) is 31.3 Å². The number of nitrogens with one attached hydrogen (secondary N) is 2. The lowest BCUT2D eigenvalue weighted by molar-refractivity contribution is -0.142. The van der Waals surface area contributed by atoms with Gasteiger partial charge in [-0.3, -0.25) is 4.98 Å². The van der Waals surface area contributed by atoms with Crippen molar-refractivity contribution < 1.29 is 34.8 Å². The van der Waals surface area contributed by atoms with Gasteiger partial charge in [0.15, 0.2) is 17.2 Å². The van der Waals surface area contributed by atoms with E-state index in [0.29, 0.717) is 22.0 Å². The highest BCUT2D eigenvalue weighted by Gasteiger charge is 2.36. The van der Waals surface area contributed by atoms with Crippen molar-refractivity contribution in [1.29, 1.82) is 0 Å². The standard InChI is InChI=1S/C17H12F6N8O2S/c1-34(32,33)15-29-13(14-27-6-11(17(21,22)23)31(14)30-15)26-7-12-25-5-9(28-12)8-2-3-10(24-4-8)16(18,19)20/h2-6H,7H2,1H3,(H,25,28)(H,26,29,30). The Kier molecular flexibility index (Phi) is 5.46. The van der Waals surface area contributed by atoms with Crippen molar-refractivity contribution in [1.82, 2.24) is 34.5 Å². The van der Waals surface area contributed by atoms with Crippen LogP contribution in [0.5, 0.6) is 0 Å². The Morgan fingerprint density at radius 1 is 1.00 bits per heavy atom. The van der Waals surface area contributed by atoms with Crippen molar-refractivity contribution in [2.75, 3.05) is 11.6 Å². The lowest BCUT2D eigenvalue weighted by Gasteiger charge is -2.09. The van der Waals surface area contributed by atoms with Crippen LogP contribution in [0.3, 0.4) is 0 Å². The van der Waals surface area contributed by atoms with Crippen LogP contribution in [0, 0.1) is 0 Å². The molecular weight excluding hydrogens is 494 g/mol. The predicted molar refractivity (Wildman–Crippen MR) is 103 cm³/mol. The number of rotatable bonds is 5. The van der Waals surface area contributed by atoms with Crippen molar-refractivity contribution in [3.8, 4) is 11.3 Å². The minimum atomic E-state index is -4.86. The third-order valence-corrected chi connectivity index (χ3v) is 5.22. The van der Waals surface area contributed by atoms with Gasteiger partial charge in [0.05, 0.1) is 24.6 Å². The molecule has 0 aliphatic rings. The Balaban J connectivity index is 1.62. The largest absolute Gasteiger partial charge is 0.435 e. The second kappa shape index (κ2) is 7.93. The number of aromatic amines is 1. The Labute approximate surface area is 186 Å². The molecule has 0 spiro atoms. The molecule has 0 atom stereocenters. The highest BCUT2D eigenvalue weighted by molar-refractivity contribution is 7.90. The fraction of sp³-hybridized carbons (Fsp3) is 0.235. The number of nitrogens with zero attached hydrogens (tertiary/aromatic N) is 6. The summed E-state index contributed by atoms with van der Waals surface area (Å²) in [5.41, 5.74) is -2.11. The van der Waals surface area contributed by atoms with Gasteiger partial charge in [-0.05, 0) is 12.1 Å². The number of halogens is 6. The third-order valence-electron chi connectivity index (χ3n) is 4.38. The fourth-order valence-electron chi connectivity index (χ4n) is 2.82. The number of imidazole rings is 2. The van der Waals surface area contributed by atoms with Gasteiger partial charge < -0.3 is 10.3 Å².